The molecule has 0 aliphatic heterocycles. The van der Waals surface area contributed by atoms with E-state index in [0.29, 0.717) is 0 Å². The van der Waals surface area contributed by atoms with Crippen LogP contribution in [0.4, 0.5) is 4.39 Å². The van der Waals surface area contributed by atoms with Crippen LogP contribution in [0.3, 0.4) is 0 Å². The molecule has 31 heavy (non-hydrogen) atoms. The average molecular weight is 482 g/mol. The Hall–Kier alpha value is -2.79. The van der Waals surface area contributed by atoms with Crippen LogP contribution in [-0.4, -0.2) is 16.1 Å². The fourth-order valence-electron chi connectivity index (χ4n) is 3.56. The number of rotatable bonds is 5. The second-order valence-electron chi connectivity index (χ2n) is 7.52. The molecule has 0 radical (unpaired) electrons. The number of carboxylic acids is 1. The van der Waals surface area contributed by atoms with Crippen molar-refractivity contribution in [1.82, 2.24) is 4.98 Å². The Bertz CT molecular complexity index is 1080. The standard InChI is InChI=1S/C14H14BrN.C12H11FO2/c1-11-9-13(15)10-16-14(11)8-7-12-5-3-2-4-6-12;13-11-6-5-9(7-10(11)12(14)15)8-3-1-2-4-8/h2-6,9-10H,7-8H2,1H3;3,5-7H,1-2,4H2,(H,14,15). The van der Waals surface area contributed by atoms with E-state index in [2.05, 4.69) is 64.2 Å². The smallest absolute Gasteiger partial charge is 0.338 e. The van der Waals surface area contributed by atoms with E-state index in [1.54, 1.807) is 6.07 Å². The first-order chi connectivity index (χ1) is 14.9. The molecule has 160 valence electrons. The zero-order chi connectivity index (χ0) is 22.2. The summed E-state index contributed by atoms with van der Waals surface area (Å²) in [6, 6.07) is 16.9. The molecule has 1 N–H and O–H groups in total. The van der Waals surface area contributed by atoms with Crippen molar-refractivity contribution in [3.05, 3.63) is 105 Å². The first-order valence-electron chi connectivity index (χ1n) is 10.3. The molecule has 3 nitrogen and oxygen atoms in total. The zero-order valence-electron chi connectivity index (χ0n) is 17.4. The van der Waals surface area contributed by atoms with Gasteiger partial charge in [-0.25, -0.2) is 9.18 Å². The predicted molar refractivity (Wildman–Crippen MR) is 126 cm³/mol. The van der Waals surface area contributed by atoms with Crippen molar-refractivity contribution >= 4 is 27.5 Å². The van der Waals surface area contributed by atoms with Gasteiger partial charge in [-0.15, -0.1) is 0 Å². The molecule has 4 rings (SSSR count). The molecule has 0 saturated carbocycles. The van der Waals surface area contributed by atoms with Crippen molar-refractivity contribution in [2.75, 3.05) is 0 Å². The molecule has 2 aromatic carbocycles. The molecule has 1 aromatic heterocycles. The van der Waals surface area contributed by atoms with Crippen LogP contribution >= 0.6 is 15.9 Å². The summed E-state index contributed by atoms with van der Waals surface area (Å²) in [4.78, 5) is 15.2. The third-order valence-electron chi connectivity index (χ3n) is 5.26. The van der Waals surface area contributed by atoms with Gasteiger partial charge >= 0.3 is 5.97 Å². The van der Waals surface area contributed by atoms with E-state index >= 15 is 0 Å². The van der Waals surface area contributed by atoms with Gasteiger partial charge in [0, 0.05) is 16.4 Å². The molecule has 0 atom stereocenters. The summed E-state index contributed by atoms with van der Waals surface area (Å²) in [7, 11) is 0. The Balaban J connectivity index is 0.000000176. The number of aromatic nitrogens is 1. The summed E-state index contributed by atoms with van der Waals surface area (Å²) in [5, 5.41) is 8.77. The van der Waals surface area contributed by atoms with Crippen LogP contribution in [0.25, 0.3) is 5.57 Å². The largest absolute Gasteiger partial charge is 0.478 e. The van der Waals surface area contributed by atoms with E-state index in [-0.39, 0.29) is 5.56 Å². The third-order valence-corrected chi connectivity index (χ3v) is 5.69. The molecule has 0 unspecified atom stereocenters. The number of nitrogens with zero attached hydrogens (tertiary/aromatic N) is 1. The molecule has 0 amide bonds. The van der Waals surface area contributed by atoms with Crippen molar-refractivity contribution in [3.8, 4) is 0 Å². The van der Waals surface area contributed by atoms with Crippen molar-refractivity contribution < 1.29 is 14.3 Å². The minimum absolute atomic E-state index is 0.250. The third kappa shape index (κ3) is 6.59. The summed E-state index contributed by atoms with van der Waals surface area (Å²) in [6.07, 6.45) is 9.07. The van der Waals surface area contributed by atoms with Crippen LogP contribution in [0, 0.1) is 12.7 Å². The number of aromatic carboxylic acids is 1. The van der Waals surface area contributed by atoms with Crippen molar-refractivity contribution in [2.45, 2.75) is 39.0 Å². The van der Waals surface area contributed by atoms with E-state index in [9.17, 15) is 9.18 Å². The number of aryl methyl sites for hydroxylation is 3. The van der Waals surface area contributed by atoms with E-state index in [4.69, 9.17) is 5.11 Å². The van der Waals surface area contributed by atoms with Gasteiger partial charge in [-0.2, -0.15) is 0 Å². The maximum Gasteiger partial charge on any atom is 0.338 e. The van der Waals surface area contributed by atoms with Gasteiger partial charge in [0.15, 0.2) is 0 Å². The number of carboxylic acid groups (broad SMARTS) is 1. The lowest BCUT2D eigenvalue weighted by Crippen LogP contribution is -2.01. The Morgan fingerprint density at radius 2 is 1.90 bits per heavy atom. The Morgan fingerprint density at radius 1 is 1.13 bits per heavy atom. The Labute approximate surface area is 190 Å². The Kier molecular flexibility index (Phi) is 8.13. The molecule has 5 heteroatoms. The van der Waals surface area contributed by atoms with Gasteiger partial charge in [0.05, 0.1) is 5.56 Å². The summed E-state index contributed by atoms with van der Waals surface area (Å²) >= 11 is 3.43. The first kappa shape index (κ1) is 22.9. The van der Waals surface area contributed by atoms with E-state index in [1.807, 2.05) is 12.3 Å². The highest BCUT2D eigenvalue weighted by molar-refractivity contribution is 9.10. The normalized spacial score (nSPS) is 12.7. The highest BCUT2D eigenvalue weighted by atomic mass is 79.9. The summed E-state index contributed by atoms with van der Waals surface area (Å²) in [5.74, 6) is -1.89. The molecule has 0 bridgehead atoms. The van der Waals surface area contributed by atoms with Gasteiger partial charge in [-0.3, -0.25) is 4.98 Å². The van der Waals surface area contributed by atoms with Gasteiger partial charge in [0.25, 0.3) is 0 Å². The second-order valence-corrected chi connectivity index (χ2v) is 8.44. The zero-order valence-corrected chi connectivity index (χ0v) is 19.0. The predicted octanol–water partition coefficient (Wildman–Crippen LogP) is 7.03. The summed E-state index contributed by atoms with van der Waals surface area (Å²) in [5.41, 5.74) is 5.51. The van der Waals surface area contributed by atoms with Crippen LogP contribution in [-0.2, 0) is 12.8 Å². The molecule has 1 aliphatic carbocycles. The second kappa shape index (κ2) is 11.0. The maximum absolute atomic E-state index is 13.1. The Morgan fingerprint density at radius 3 is 2.55 bits per heavy atom. The molecule has 0 fully saturated rings. The van der Waals surface area contributed by atoms with Crippen molar-refractivity contribution in [3.63, 3.8) is 0 Å². The SMILES string of the molecule is Cc1cc(Br)cnc1CCc1ccccc1.O=C(O)c1cc(C2=CCCC2)ccc1F. The highest BCUT2D eigenvalue weighted by Crippen LogP contribution is 2.28. The highest BCUT2D eigenvalue weighted by Gasteiger charge is 2.14. The van der Waals surface area contributed by atoms with Crippen LogP contribution in [0.2, 0.25) is 0 Å². The number of halogens is 2. The monoisotopic (exact) mass is 481 g/mol. The minimum atomic E-state index is -1.21. The molecule has 3 aromatic rings. The number of allylic oxidation sites excluding steroid dienone is 2. The fourth-order valence-corrected chi connectivity index (χ4v) is 4.01. The molecular formula is C26H25BrFNO2. The van der Waals surface area contributed by atoms with E-state index in [0.717, 1.165) is 47.7 Å². The fraction of sp³-hybridized carbons (Fsp3) is 0.231. The summed E-state index contributed by atoms with van der Waals surface area (Å²) in [6.45, 7) is 2.11. The number of benzene rings is 2. The van der Waals surface area contributed by atoms with Crippen LogP contribution in [0.1, 0.15) is 52.0 Å². The van der Waals surface area contributed by atoms with Crippen molar-refractivity contribution in [2.24, 2.45) is 0 Å². The molecular weight excluding hydrogens is 457 g/mol. The van der Waals surface area contributed by atoms with Crippen LogP contribution in [0.15, 0.2) is 71.3 Å². The van der Waals surface area contributed by atoms with Gasteiger partial charge < -0.3 is 5.11 Å². The lowest BCUT2D eigenvalue weighted by molar-refractivity contribution is 0.0692. The van der Waals surface area contributed by atoms with E-state index in [1.165, 1.54) is 29.0 Å². The summed E-state index contributed by atoms with van der Waals surface area (Å²) < 4.78 is 14.2. The quantitative estimate of drug-likeness (QED) is 0.425. The number of hydrogen-bond acceptors (Lipinski definition) is 2. The number of hydrogen-bond donors (Lipinski definition) is 1. The number of carbonyl (C=O) groups is 1. The molecule has 0 spiro atoms. The van der Waals surface area contributed by atoms with Crippen LogP contribution < -0.4 is 0 Å². The minimum Gasteiger partial charge on any atom is -0.478 e. The first-order valence-corrected chi connectivity index (χ1v) is 11.1. The average Bonchev–Trinajstić information content (AvgIpc) is 3.29. The maximum atomic E-state index is 13.1. The molecule has 1 heterocycles. The van der Waals surface area contributed by atoms with Crippen molar-refractivity contribution in [1.29, 1.82) is 0 Å². The van der Waals surface area contributed by atoms with Gasteiger partial charge in [-0.05, 0) is 95.4 Å². The number of pyridine rings is 1. The topological polar surface area (TPSA) is 50.2 Å². The van der Waals surface area contributed by atoms with E-state index < -0.39 is 11.8 Å². The molecule has 1 aliphatic rings. The van der Waals surface area contributed by atoms with Gasteiger partial charge in [0.1, 0.15) is 5.82 Å². The molecule has 0 saturated heterocycles. The van der Waals surface area contributed by atoms with Gasteiger partial charge in [-0.1, -0.05) is 42.5 Å². The lowest BCUT2D eigenvalue weighted by Gasteiger charge is -2.05. The lowest BCUT2D eigenvalue weighted by atomic mass is 10.0. The van der Waals surface area contributed by atoms with Crippen LogP contribution in [0.5, 0.6) is 0 Å². The van der Waals surface area contributed by atoms with Gasteiger partial charge in [0.2, 0.25) is 0 Å².